The highest BCUT2D eigenvalue weighted by atomic mass is 32.2. The number of amides is 2. The van der Waals surface area contributed by atoms with Gasteiger partial charge in [0.15, 0.2) is 0 Å². The van der Waals surface area contributed by atoms with Crippen LogP contribution in [0.25, 0.3) is 6.08 Å². The topological polar surface area (TPSA) is 113 Å². The lowest BCUT2D eigenvalue weighted by Crippen LogP contribution is -2.57. The molecular weight excluding hydrogens is 412 g/mol. The maximum absolute atomic E-state index is 12.9. The van der Waals surface area contributed by atoms with E-state index in [1.165, 1.54) is 0 Å². The summed E-state index contributed by atoms with van der Waals surface area (Å²) in [4.78, 5) is 26.2. The van der Waals surface area contributed by atoms with Crippen LogP contribution in [0.1, 0.15) is 59.7 Å². The molecule has 0 bridgehead atoms. The number of rotatable bonds is 5. The first-order valence-electron chi connectivity index (χ1n) is 10.8. The molecule has 2 amide bonds. The first-order valence-corrected chi connectivity index (χ1v) is 11.6. The number of aryl methyl sites for hydroxylation is 2. The number of benzene rings is 1. The van der Waals surface area contributed by atoms with E-state index in [9.17, 15) is 14.7 Å². The summed E-state index contributed by atoms with van der Waals surface area (Å²) in [5.74, 6) is -0.400. The Balaban J connectivity index is 1.61. The van der Waals surface area contributed by atoms with Gasteiger partial charge >= 0.3 is 0 Å². The number of nitrogens with two attached hydrogens (primary N) is 2. The second-order valence-electron chi connectivity index (χ2n) is 9.17. The van der Waals surface area contributed by atoms with Crippen LogP contribution in [-0.4, -0.2) is 63.4 Å². The molecule has 2 aliphatic heterocycles. The number of hydrogen-bond acceptors (Lipinski definition) is 6. The number of aliphatic hydroxyl groups is 1. The number of carbonyl (C=O) groups excluding carboxylic acids is 2. The van der Waals surface area contributed by atoms with Crippen molar-refractivity contribution in [2.75, 3.05) is 26.2 Å². The van der Waals surface area contributed by atoms with Gasteiger partial charge in [0, 0.05) is 31.7 Å². The summed E-state index contributed by atoms with van der Waals surface area (Å²) in [6.07, 6.45) is 4.40. The van der Waals surface area contributed by atoms with E-state index in [4.69, 9.17) is 11.5 Å². The molecule has 0 saturated carbocycles. The van der Waals surface area contributed by atoms with Crippen molar-refractivity contribution in [3.8, 4) is 0 Å². The Morgan fingerprint density at radius 3 is 2.13 bits per heavy atom. The maximum atomic E-state index is 12.9. The summed E-state index contributed by atoms with van der Waals surface area (Å²) in [6, 6.07) is 3.89. The molecule has 8 heteroatoms. The Kier molecular flexibility index (Phi) is 7.15. The zero-order chi connectivity index (χ0) is 22.8. The predicted octanol–water partition coefficient (Wildman–Crippen LogP) is 2.19. The van der Waals surface area contributed by atoms with E-state index in [1.807, 2.05) is 43.2 Å². The first kappa shape index (κ1) is 23.8. The minimum Gasteiger partial charge on any atom is -0.390 e. The van der Waals surface area contributed by atoms with Gasteiger partial charge in [0.1, 0.15) is 0 Å². The lowest BCUT2D eigenvalue weighted by molar-refractivity contribution is -0.124. The van der Waals surface area contributed by atoms with Crippen LogP contribution in [0, 0.1) is 13.8 Å². The molecule has 0 radical (unpaired) electrons. The molecular formula is C23H34N4O3S. The lowest BCUT2D eigenvalue weighted by Gasteiger charge is -2.36. The summed E-state index contributed by atoms with van der Waals surface area (Å²) >= 11 is 1.60. The number of likely N-dealkylation sites (tertiary alicyclic amines) is 1. The highest BCUT2D eigenvalue weighted by Gasteiger charge is 2.36. The van der Waals surface area contributed by atoms with E-state index in [2.05, 4.69) is 10.4 Å². The fourth-order valence-corrected chi connectivity index (χ4v) is 4.92. The van der Waals surface area contributed by atoms with Gasteiger partial charge in [0.2, 0.25) is 5.91 Å². The molecule has 2 saturated heterocycles. The van der Waals surface area contributed by atoms with Crippen LogP contribution in [0.5, 0.6) is 0 Å². The van der Waals surface area contributed by atoms with Crippen molar-refractivity contribution in [1.29, 1.82) is 0 Å². The molecule has 170 valence electrons. The molecule has 7 nitrogen and oxygen atoms in total. The maximum Gasteiger partial charge on any atom is 0.253 e. The van der Waals surface area contributed by atoms with E-state index in [1.54, 1.807) is 11.9 Å². The minimum atomic E-state index is -0.888. The van der Waals surface area contributed by atoms with Gasteiger partial charge in [-0.25, -0.2) is 4.31 Å². The number of nitrogens with zero attached hydrogens (tertiary/aromatic N) is 2. The van der Waals surface area contributed by atoms with Crippen molar-refractivity contribution in [2.45, 2.75) is 57.6 Å². The van der Waals surface area contributed by atoms with Crippen LogP contribution < -0.4 is 11.5 Å². The third kappa shape index (κ3) is 5.68. The van der Waals surface area contributed by atoms with Gasteiger partial charge in [0.25, 0.3) is 5.91 Å². The fraction of sp³-hybridized carbons (Fsp3) is 0.565. The summed E-state index contributed by atoms with van der Waals surface area (Å²) in [5, 5.41) is 12.2. The number of hydrogen-bond donors (Lipinski definition) is 3. The van der Waals surface area contributed by atoms with Gasteiger partial charge in [-0.2, -0.15) is 0 Å². The van der Waals surface area contributed by atoms with Crippen molar-refractivity contribution in [2.24, 2.45) is 11.5 Å². The SMILES string of the molecule is Cc1cc(C(=O)N2CCC(C)(O)CC2)cc(C)c1/C=C/SN1CCC(N)(C(N)=O)CC1. The zero-order valence-electron chi connectivity index (χ0n) is 18.7. The van der Waals surface area contributed by atoms with Crippen LogP contribution >= 0.6 is 11.9 Å². The molecule has 3 rings (SSSR count). The highest BCUT2D eigenvalue weighted by Crippen LogP contribution is 2.27. The normalized spacial score (nSPS) is 21.4. The average molecular weight is 447 g/mol. The van der Waals surface area contributed by atoms with Gasteiger partial charge in [-0.05, 0) is 86.8 Å². The molecule has 2 heterocycles. The predicted molar refractivity (Wildman–Crippen MR) is 125 cm³/mol. The average Bonchev–Trinajstić information content (AvgIpc) is 2.70. The molecule has 31 heavy (non-hydrogen) atoms. The molecule has 0 spiro atoms. The van der Waals surface area contributed by atoms with Crippen LogP contribution in [0.15, 0.2) is 17.5 Å². The van der Waals surface area contributed by atoms with E-state index >= 15 is 0 Å². The number of primary amides is 1. The third-order valence-corrected chi connectivity index (χ3v) is 7.44. The minimum absolute atomic E-state index is 0.0274. The smallest absolute Gasteiger partial charge is 0.253 e. The third-order valence-electron chi connectivity index (χ3n) is 6.52. The standard InChI is InChI=1S/C23H34N4O3S/c1-16-14-18(20(28)26-9-5-22(3,30)6-10-26)15-17(2)19(16)4-13-31-27-11-7-23(25,8-12-27)21(24)29/h4,13-15,30H,5-12,25H2,1-3H3,(H2,24,29)/b13-4+. The Morgan fingerprint density at radius 2 is 1.61 bits per heavy atom. The molecule has 1 aromatic carbocycles. The van der Waals surface area contributed by atoms with Gasteiger partial charge < -0.3 is 21.5 Å². The molecule has 0 aliphatic carbocycles. The summed E-state index contributed by atoms with van der Waals surface area (Å²) in [7, 11) is 0. The van der Waals surface area contributed by atoms with E-state index in [-0.39, 0.29) is 5.91 Å². The molecule has 2 fully saturated rings. The van der Waals surface area contributed by atoms with E-state index in [0.717, 1.165) is 16.7 Å². The first-order chi connectivity index (χ1) is 14.5. The van der Waals surface area contributed by atoms with Crippen molar-refractivity contribution in [3.63, 3.8) is 0 Å². The second-order valence-corrected chi connectivity index (χ2v) is 10.2. The van der Waals surface area contributed by atoms with Crippen molar-refractivity contribution < 1.29 is 14.7 Å². The van der Waals surface area contributed by atoms with E-state index < -0.39 is 17.0 Å². The summed E-state index contributed by atoms with van der Waals surface area (Å²) in [5.41, 5.74) is 13.8. The van der Waals surface area contributed by atoms with Crippen molar-refractivity contribution in [1.82, 2.24) is 9.21 Å². The Labute approximate surface area is 189 Å². The van der Waals surface area contributed by atoms with Crippen LogP contribution in [0.3, 0.4) is 0 Å². The molecule has 5 N–H and O–H groups in total. The van der Waals surface area contributed by atoms with E-state index in [0.29, 0.717) is 57.4 Å². The highest BCUT2D eigenvalue weighted by molar-refractivity contribution is 8.00. The van der Waals surface area contributed by atoms with Gasteiger partial charge in [0.05, 0.1) is 11.1 Å². The number of carbonyl (C=O) groups is 2. The van der Waals surface area contributed by atoms with Crippen LogP contribution in [-0.2, 0) is 4.79 Å². The Hall–Kier alpha value is -1.87. The second kappa shape index (κ2) is 9.32. The van der Waals surface area contributed by atoms with Gasteiger partial charge in [-0.3, -0.25) is 9.59 Å². The molecule has 0 atom stereocenters. The molecule has 2 aliphatic rings. The van der Waals surface area contributed by atoms with Gasteiger partial charge in [-0.1, -0.05) is 11.9 Å². The Bertz CT molecular complexity index is 843. The van der Waals surface area contributed by atoms with Gasteiger partial charge in [-0.15, -0.1) is 0 Å². The lowest BCUT2D eigenvalue weighted by atomic mass is 9.89. The molecule has 1 aromatic rings. The zero-order valence-corrected chi connectivity index (χ0v) is 19.5. The molecule has 0 unspecified atom stereocenters. The largest absolute Gasteiger partial charge is 0.390 e. The molecule has 0 aromatic heterocycles. The van der Waals surface area contributed by atoms with Crippen LogP contribution in [0.2, 0.25) is 0 Å². The number of piperidine rings is 2. The summed E-state index contributed by atoms with van der Waals surface area (Å²) in [6.45, 7) is 8.45. The summed E-state index contributed by atoms with van der Waals surface area (Å²) < 4.78 is 2.18. The van der Waals surface area contributed by atoms with Crippen molar-refractivity contribution in [3.05, 3.63) is 39.8 Å². The Morgan fingerprint density at radius 1 is 1.06 bits per heavy atom. The fourth-order valence-electron chi connectivity index (χ4n) is 4.16. The van der Waals surface area contributed by atoms with Crippen molar-refractivity contribution >= 4 is 29.8 Å². The monoisotopic (exact) mass is 446 g/mol. The quantitative estimate of drug-likeness (QED) is 0.598. The van der Waals surface area contributed by atoms with Crippen LogP contribution in [0.4, 0.5) is 0 Å².